The summed E-state index contributed by atoms with van der Waals surface area (Å²) in [5.41, 5.74) is 1.97. The Morgan fingerprint density at radius 3 is 2.49 bits per heavy atom. The first-order chi connectivity index (χ1) is 16.7. The van der Waals surface area contributed by atoms with E-state index in [9.17, 15) is 13.9 Å². The van der Waals surface area contributed by atoms with Gasteiger partial charge < -0.3 is 20.3 Å². The summed E-state index contributed by atoms with van der Waals surface area (Å²) >= 11 is 0. The molecule has 3 atom stereocenters. The monoisotopic (exact) mass is 486 g/mol. The average Bonchev–Trinajstić information content (AvgIpc) is 3.15. The number of halogens is 4. The number of aliphatic hydroxyl groups excluding tert-OH is 1. The summed E-state index contributed by atoms with van der Waals surface area (Å²) in [6, 6.07) is 7.46. The highest BCUT2D eigenvalue weighted by atomic mass is 19.3. The van der Waals surface area contributed by atoms with Crippen molar-refractivity contribution >= 4 is 10.9 Å². The second kappa shape index (κ2) is 8.94. The molecule has 1 fully saturated rings. The predicted molar refractivity (Wildman–Crippen MR) is 124 cm³/mol. The number of aromatic nitrogens is 1. The third kappa shape index (κ3) is 4.10. The summed E-state index contributed by atoms with van der Waals surface area (Å²) in [7, 11) is 0. The van der Waals surface area contributed by atoms with Crippen molar-refractivity contribution in [2.75, 3.05) is 26.2 Å². The Morgan fingerprint density at radius 2 is 1.89 bits per heavy atom. The molecule has 2 aromatic carbocycles. The van der Waals surface area contributed by atoms with E-state index in [1.807, 2.05) is 24.3 Å². The fourth-order valence-electron chi connectivity index (χ4n) is 5.40. The smallest absolute Gasteiger partial charge is 0.283 e. The highest BCUT2D eigenvalue weighted by molar-refractivity contribution is 5.85. The summed E-state index contributed by atoms with van der Waals surface area (Å²) < 4.78 is 60.2. The molecule has 3 aromatic rings. The maximum Gasteiger partial charge on any atom is 0.283 e. The summed E-state index contributed by atoms with van der Waals surface area (Å²) in [6.45, 7) is 8.24. The van der Waals surface area contributed by atoms with Gasteiger partial charge in [0.25, 0.3) is 12.0 Å². The summed E-state index contributed by atoms with van der Waals surface area (Å²) in [6.07, 6.45) is 0.410. The summed E-state index contributed by atoms with van der Waals surface area (Å²) in [4.78, 5) is 8.17. The van der Waals surface area contributed by atoms with Gasteiger partial charge in [0.15, 0.2) is 0 Å². The standard InChI is InChI=1S/C26H26F4N4O/c1-14-7-18-17-5-3-4-6-21(17)33-24(18)25(34(14)12-26(29,30)13-35)22-19(27)8-15(9-20(22)28)23(31-2)16-10-32-11-16/h3-6,8-9,14,16,23,25,32-33,35H,7,10-13H2,1H3/t14-,23?,25-/m1/s1. The van der Waals surface area contributed by atoms with E-state index >= 15 is 8.78 Å². The van der Waals surface area contributed by atoms with Crippen molar-refractivity contribution in [3.63, 3.8) is 0 Å². The van der Waals surface area contributed by atoms with Crippen LogP contribution in [0.3, 0.4) is 0 Å². The zero-order valence-corrected chi connectivity index (χ0v) is 19.2. The van der Waals surface area contributed by atoms with Crippen LogP contribution in [0, 0.1) is 24.1 Å². The van der Waals surface area contributed by atoms with Crippen molar-refractivity contribution in [3.05, 3.63) is 81.8 Å². The number of para-hydroxylation sites is 1. The van der Waals surface area contributed by atoms with E-state index < -0.39 is 48.8 Å². The summed E-state index contributed by atoms with van der Waals surface area (Å²) in [5.74, 6) is -5.23. The Labute approximate surface area is 200 Å². The molecule has 9 heteroatoms. The number of hydrogen-bond donors (Lipinski definition) is 3. The van der Waals surface area contributed by atoms with Crippen LogP contribution in [-0.4, -0.2) is 53.2 Å². The largest absolute Gasteiger partial charge is 0.390 e. The molecule has 1 unspecified atom stereocenters. The SMILES string of the molecule is [C-]#[N+]C(c1cc(F)c([C@@H]2c3[nH]c4ccccc4c3C[C@@H](C)N2CC(F)(F)CO)c(F)c1)C1CNC1. The third-order valence-electron chi connectivity index (χ3n) is 7.28. The van der Waals surface area contributed by atoms with Crippen LogP contribution in [0.4, 0.5) is 17.6 Å². The van der Waals surface area contributed by atoms with E-state index in [0.717, 1.165) is 16.5 Å². The molecule has 5 rings (SSSR count). The van der Waals surface area contributed by atoms with Crippen molar-refractivity contribution in [2.24, 2.45) is 5.92 Å². The molecule has 184 valence electrons. The van der Waals surface area contributed by atoms with Crippen LogP contribution in [-0.2, 0) is 6.42 Å². The van der Waals surface area contributed by atoms with Gasteiger partial charge in [-0.2, -0.15) is 0 Å². The number of fused-ring (bicyclic) bond motifs is 3. The molecular weight excluding hydrogens is 460 g/mol. The lowest BCUT2D eigenvalue weighted by molar-refractivity contribution is -0.0869. The highest BCUT2D eigenvalue weighted by Crippen LogP contribution is 2.44. The van der Waals surface area contributed by atoms with Gasteiger partial charge in [0.2, 0.25) is 0 Å². The Balaban J connectivity index is 1.67. The van der Waals surface area contributed by atoms with E-state index in [4.69, 9.17) is 6.57 Å². The Hall–Kier alpha value is -2.93. The van der Waals surface area contributed by atoms with Crippen LogP contribution in [0.1, 0.15) is 41.4 Å². The van der Waals surface area contributed by atoms with Crippen LogP contribution < -0.4 is 5.32 Å². The van der Waals surface area contributed by atoms with Gasteiger partial charge >= 0.3 is 0 Å². The molecule has 1 saturated heterocycles. The fraction of sp³-hybridized carbons (Fsp3) is 0.423. The van der Waals surface area contributed by atoms with Gasteiger partial charge in [0.05, 0.1) is 18.5 Å². The molecule has 0 bridgehead atoms. The first kappa shape index (κ1) is 23.8. The molecule has 35 heavy (non-hydrogen) atoms. The lowest BCUT2D eigenvalue weighted by Crippen LogP contribution is -2.49. The van der Waals surface area contributed by atoms with Gasteiger partial charge in [0.1, 0.15) is 18.2 Å². The number of rotatable bonds is 6. The molecule has 2 aliphatic heterocycles. The first-order valence-corrected chi connectivity index (χ1v) is 11.6. The number of nitrogens with zero attached hydrogens (tertiary/aromatic N) is 2. The maximum absolute atomic E-state index is 15.7. The Bertz CT molecular complexity index is 1270. The van der Waals surface area contributed by atoms with Gasteiger partial charge in [-0.1, -0.05) is 18.2 Å². The number of aromatic amines is 1. The van der Waals surface area contributed by atoms with E-state index in [2.05, 4.69) is 15.1 Å². The average molecular weight is 487 g/mol. The molecule has 0 aliphatic carbocycles. The van der Waals surface area contributed by atoms with Crippen LogP contribution >= 0.6 is 0 Å². The molecule has 1 aromatic heterocycles. The molecule has 3 N–H and O–H groups in total. The fourth-order valence-corrected chi connectivity index (χ4v) is 5.40. The molecule has 0 saturated carbocycles. The number of hydrogen-bond acceptors (Lipinski definition) is 3. The number of benzene rings is 2. The second-order valence-corrected chi connectivity index (χ2v) is 9.60. The van der Waals surface area contributed by atoms with Gasteiger partial charge in [-0.15, -0.1) is 0 Å². The van der Waals surface area contributed by atoms with E-state index in [-0.39, 0.29) is 17.0 Å². The highest BCUT2D eigenvalue weighted by Gasteiger charge is 2.44. The predicted octanol–water partition coefficient (Wildman–Crippen LogP) is 4.59. The van der Waals surface area contributed by atoms with Crippen LogP contribution in [0.25, 0.3) is 15.7 Å². The van der Waals surface area contributed by atoms with Crippen LogP contribution in [0.2, 0.25) is 0 Å². The number of aliphatic hydroxyl groups is 1. The minimum atomic E-state index is -3.45. The summed E-state index contributed by atoms with van der Waals surface area (Å²) in [5, 5.41) is 13.2. The van der Waals surface area contributed by atoms with Crippen molar-refractivity contribution < 1.29 is 22.7 Å². The van der Waals surface area contributed by atoms with Crippen molar-refractivity contribution in [3.8, 4) is 0 Å². The zero-order chi connectivity index (χ0) is 24.9. The molecule has 0 radical (unpaired) electrons. The minimum Gasteiger partial charge on any atom is -0.390 e. The van der Waals surface area contributed by atoms with Gasteiger partial charge in [0, 0.05) is 46.9 Å². The van der Waals surface area contributed by atoms with Crippen molar-refractivity contribution in [2.45, 2.75) is 37.4 Å². The van der Waals surface area contributed by atoms with Gasteiger partial charge in [-0.3, -0.25) is 4.90 Å². The number of nitrogens with one attached hydrogen (secondary N) is 2. The Kier molecular flexibility index (Phi) is 6.08. The van der Waals surface area contributed by atoms with Gasteiger partial charge in [-0.05, 0) is 37.1 Å². The quantitative estimate of drug-likeness (QED) is 0.353. The van der Waals surface area contributed by atoms with E-state index in [0.29, 0.717) is 25.2 Å². The zero-order valence-electron chi connectivity index (χ0n) is 19.2. The molecule has 5 nitrogen and oxygen atoms in total. The number of H-pyrrole nitrogens is 1. The topological polar surface area (TPSA) is 55.7 Å². The second-order valence-electron chi connectivity index (χ2n) is 9.60. The van der Waals surface area contributed by atoms with Crippen LogP contribution in [0.5, 0.6) is 0 Å². The molecule has 2 aliphatic rings. The molecule has 0 amide bonds. The molecule has 0 spiro atoms. The van der Waals surface area contributed by atoms with Crippen molar-refractivity contribution in [1.29, 1.82) is 0 Å². The van der Waals surface area contributed by atoms with Crippen LogP contribution in [0.15, 0.2) is 36.4 Å². The minimum absolute atomic E-state index is 0.0353. The lowest BCUT2D eigenvalue weighted by Gasteiger charge is -2.42. The van der Waals surface area contributed by atoms with E-state index in [1.54, 1.807) is 6.92 Å². The van der Waals surface area contributed by atoms with Crippen molar-refractivity contribution in [1.82, 2.24) is 15.2 Å². The normalized spacial score (nSPS) is 22.0. The van der Waals surface area contributed by atoms with Gasteiger partial charge in [-0.25, -0.2) is 24.1 Å². The maximum atomic E-state index is 15.7. The number of alkyl halides is 2. The molecule has 3 heterocycles. The third-order valence-corrected chi connectivity index (χ3v) is 7.28. The van der Waals surface area contributed by atoms with E-state index in [1.165, 1.54) is 17.0 Å². The first-order valence-electron chi connectivity index (χ1n) is 11.6. The lowest BCUT2D eigenvalue weighted by atomic mass is 9.85. The molecular formula is C26H26F4N4O. The Morgan fingerprint density at radius 1 is 1.20 bits per heavy atom.